The van der Waals surface area contributed by atoms with Gasteiger partial charge >= 0.3 is 0 Å². The van der Waals surface area contributed by atoms with E-state index >= 15 is 0 Å². The minimum Gasteiger partial charge on any atom is -0.376 e. The van der Waals surface area contributed by atoms with Gasteiger partial charge in [-0.15, -0.1) is 0 Å². The highest BCUT2D eigenvalue weighted by atomic mass is 32.2. The first-order valence-corrected chi connectivity index (χ1v) is 8.69. The summed E-state index contributed by atoms with van der Waals surface area (Å²) in [6.07, 6.45) is 3.27. The summed E-state index contributed by atoms with van der Waals surface area (Å²) in [4.78, 5) is 11.6. The molecule has 2 atom stereocenters. The number of carbonyl (C=O) groups is 1. The van der Waals surface area contributed by atoms with Crippen LogP contribution in [0.25, 0.3) is 0 Å². The maximum Gasteiger partial charge on any atom is 0.221 e. The highest BCUT2D eigenvalue weighted by Crippen LogP contribution is 2.11. The van der Waals surface area contributed by atoms with E-state index in [1.54, 1.807) is 0 Å². The molecule has 6 nitrogen and oxygen atoms in total. The molecule has 1 amide bonds. The monoisotopic (exact) mass is 290 g/mol. The van der Waals surface area contributed by atoms with Gasteiger partial charge in [0.2, 0.25) is 5.91 Å². The quantitative estimate of drug-likeness (QED) is 0.685. The Labute approximate surface area is 114 Å². The first-order valence-electron chi connectivity index (χ1n) is 6.87. The number of carbonyl (C=O) groups excluding carboxylic acids is 1. The molecule has 2 rings (SSSR count). The fourth-order valence-corrected chi connectivity index (χ4v) is 4.18. The molecular weight excluding hydrogens is 268 g/mol. The molecule has 0 radical (unpaired) electrons. The lowest BCUT2D eigenvalue weighted by atomic mass is 10.2. The summed E-state index contributed by atoms with van der Waals surface area (Å²) >= 11 is 0. The SMILES string of the molecule is O=C(CCNC1CCS(=O)(=O)C1)NCC1CCCO1. The zero-order valence-electron chi connectivity index (χ0n) is 11.1. The summed E-state index contributed by atoms with van der Waals surface area (Å²) in [5, 5.41) is 5.97. The molecule has 0 spiro atoms. The normalized spacial score (nSPS) is 29.5. The molecule has 0 saturated carbocycles. The second-order valence-corrected chi connectivity index (χ2v) is 7.47. The first kappa shape index (κ1) is 14.7. The third kappa shape index (κ3) is 5.08. The summed E-state index contributed by atoms with van der Waals surface area (Å²) in [5.41, 5.74) is 0. The van der Waals surface area contributed by atoms with Crippen molar-refractivity contribution in [2.75, 3.05) is 31.2 Å². The van der Waals surface area contributed by atoms with Gasteiger partial charge in [0.1, 0.15) is 0 Å². The number of hydrogen-bond acceptors (Lipinski definition) is 5. The smallest absolute Gasteiger partial charge is 0.221 e. The summed E-state index contributed by atoms with van der Waals surface area (Å²) in [7, 11) is -2.85. The lowest BCUT2D eigenvalue weighted by Crippen LogP contribution is -2.36. The van der Waals surface area contributed by atoms with Crippen LogP contribution in [0, 0.1) is 0 Å². The number of nitrogens with one attached hydrogen (secondary N) is 2. The second kappa shape index (κ2) is 6.67. The number of rotatable bonds is 6. The molecule has 2 heterocycles. The van der Waals surface area contributed by atoms with Crippen LogP contribution < -0.4 is 10.6 Å². The largest absolute Gasteiger partial charge is 0.376 e. The van der Waals surface area contributed by atoms with E-state index in [1.807, 2.05) is 0 Å². The van der Waals surface area contributed by atoms with Gasteiger partial charge in [-0.2, -0.15) is 0 Å². The topological polar surface area (TPSA) is 84.5 Å². The van der Waals surface area contributed by atoms with E-state index in [0.717, 1.165) is 19.4 Å². The van der Waals surface area contributed by atoms with Crippen molar-refractivity contribution >= 4 is 15.7 Å². The zero-order valence-corrected chi connectivity index (χ0v) is 11.9. The fraction of sp³-hybridized carbons (Fsp3) is 0.917. The molecule has 2 saturated heterocycles. The van der Waals surface area contributed by atoms with E-state index in [1.165, 1.54) is 0 Å². The third-order valence-corrected chi connectivity index (χ3v) is 5.34. The second-order valence-electron chi connectivity index (χ2n) is 5.24. The number of hydrogen-bond donors (Lipinski definition) is 2. The molecule has 0 aliphatic carbocycles. The first-order chi connectivity index (χ1) is 9.05. The van der Waals surface area contributed by atoms with Gasteiger partial charge in [0.05, 0.1) is 17.6 Å². The van der Waals surface area contributed by atoms with Gasteiger partial charge in [0.25, 0.3) is 0 Å². The Balaban J connectivity index is 1.54. The van der Waals surface area contributed by atoms with Crippen molar-refractivity contribution in [3.05, 3.63) is 0 Å². The molecule has 2 aliphatic heterocycles. The number of sulfone groups is 1. The van der Waals surface area contributed by atoms with Gasteiger partial charge in [-0.05, 0) is 19.3 Å². The van der Waals surface area contributed by atoms with Gasteiger partial charge in [0, 0.05) is 32.2 Å². The number of ether oxygens (including phenoxy) is 1. The minimum atomic E-state index is -2.85. The van der Waals surface area contributed by atoms with Crippen LogP contribution in [0.4, 0.5) is 0 Å². The molecule has 0 aromatic heterocycles. The molecule has 0 aromatic carbocycles. The van der Waals surface area contributed by atoms with Gasteiger partial charge < -0.3 is 15.4 Å². The van der Waals surface area contributed by atoms with Crippen LogP contribution >= 0.6 is 0 Å². The average molecular weight is 290 g/mol. The molecule has 0 bridgehead atoms. The molecule has 7 heteroatoms. The summed E-state index contributed by atoms with van der Waals surface area (Å²) in [5.74, 6) is 0.448. The Morgan fingerprint density at radius 1 is 1.32 bits per heavy atom. The molecule has 19 heavy (non-hydrogen) atoms. The number of amides is 1. The maximum absolute atomic E-state index is 11.6. The predicted octanol–water partition coefficient (Wildman–Crippen LogP) is -0.552. The molecule has 2 fully saturated rings. The van der Waals surface area contributed by atoms with Crippen LogP contribution in [0.1, 0.15) is 25.7 Å². The summed E-state index contributed by atoms with van der Waals surface area (Å²) < 4.78 is 27.9. The Kier molecular flexibility index (Phi) is 5.18. The van der Waals surface area contributed by atoms with Crippen molar-refractivity contribution in [1.29, 1.82) is 0 Å². The lowest BCUT2D eigenvalue weighted by molar-refractivity contribution is -0.121. The Morgan fingerprint density at radius 2 is 2.16 bits per heavy atom. The third-order valence-electron chi connectivity index (χ3n) is 3.57. The van der Waals surface area contributed by atoms with Gasteiger partial charge in [-0.1, -0.05) is 0 Å². The van der Waals surface area contributed by atoms with Gasteiger partial charge in [-0.3, -0.25) is 4.79 Å². The van der Waals surface area contributed by atoms with Crippen LogP contribution in [0.2, 0.25) is 0 Å². The molecular formula is C12H22N2O4S. The van der Waals surface area contributed by atoms with Crippen molar-refractivity contribution in [2.45, 2.75) is 37.8 Å². The van der Waals surface area contributed by atoms with E-state index in [-0.39, 0.29) is 29.6 Å². The highest BCUT2D eigenvalue weighted by molar-refractivity contribution is 7.91. The summed E-state index contributed by atoms with van der Waals surface area (Å²) in [6, 6.07) is 0.0102. The van der Waals surface area contributed by atoms with E-state index in [4.69, 9.17) is 4.74 Å². The van der Waals surface area contributed by atoms with Gasteiger partial charge in [0.15, 0.2) is 9.84 Å². The van der Waals surface area contributed by atoms with Crippen LogP contribution in [0.3, 0.4) is 0 Å². The maximum atomic E-state index is 11.6. The van der Waals surface area contributed by atoms with Crippen molar-refractivity contribution in [3.8, 4) is 0 Å². The van der Waals surface area contributed by atoms with Crippen LogP contribution in [0.5, 0.6) is 0 Å². The van der Waals surface area contributed by atoms with Crippen molar-refractivity contribution in [3.63, 3.8) is 0 Å². The molecule has 2 unspecified atom stereocenters. The molecule has 110 valence electrons. The van der Waals surface area contributed by atoms with Crippen LogP contribution in [-0.2, 0) is 19.4 Å². The highest BCUT2D eigenvalue weighted by Gasteiger charge is 2.27. The molecule has 2 aliphatic rings. The Morgan fingerprint density at radius 3 is 2.79 bits per heavy atom. The Hall–Kier alpha value is -0.660. The van der Waals surface area contributed by atoms with Crippen molar-refractivity contribution in [2.24, 2.45) is 0 Å². The van der Waals surface area contributed by atoms with E-state index in [0.29, 0.717) is 25.9 Å². The fourth-order valence-electron chi connectivity index (χ4n) is 2.47. The summed E-state index contributed by atoms with van der Waals surface area (Å²) in [6.45, 7) is 1.90. The molecule has 2 N–H and O–H groups in total. The van der Waals surface area contributed by atoms with Crippen molar-refractivity contribution in [1.82, 2.24) is 10.6 Å². The molecule has 0 aromatic rings. The predicted molar refractivity (Wildman–Crippen MR) is 71.7 cm³/mol. The van der Waals surface area contributed by atoms with Crippen molar-refractivity contribution < 1.29 is 17.9 Å². The van der Waals surface area contributed by atoms with E-state index in [9.17, 15) is 13.2 Å². The van der Waals surface area contributed by atoms with Crippen LogP contribution in [-0.4, -0.2) is 57.7 Å². The van der Waals surface area contributed by atoms with E-state index < -0.39 is 9.84 Å². The Bertz CT molecular complexity index is 404. The zero-order chi connectivity index (χ0) is 13.7. The standard InChI is InChI=1S/C12H22N2O4S/c15-12(14-8-11-2-1-6-18-11)3-5-13-10-4-7-19(16,17)9-10/h10-11,13H,1-9H2,(H,14,15). The minimum absolute atomic E-state index is 0.0102. The lowest BCUT2D eigenvalue weighted by Gasteiger charge is -2.12. The van der Waals surface area contributed by atoms with Crippen LogP contribution in [0.15, 0.2) is 0 Å². The average Bonchev–Trinajstić information content (AvgIpc) is 2.96. The van der Waals surface area contributed by atoms with E-state index in [2.05, 4.69) is 10.6 Å². The van der Waals surface area contributed by atoms with Gasteiger partial charge in [-0.25, -0.2) is 8.42 Å².